The molecule has 0 heterocycles. The van der Waals surface area contributed by atoms with Gasteiger partial charge in [-0.3, -0.25) is 4.79 Å². The number of carbonyl (C=O) groups excluding carboxylic acids is 2. The minimum absolute atomic E-state index is 0.0138. The summed E-state index contributed by atoms with van der Waals surface area (Å²) in [6.45, 7) is 4.64. The van der Waals surface area contributed by atoms with Crippen LogP contribution in [0.5, 0.6) is 0 Å². The second-order valence-electron chi connectivity index (χ2n) is 10.2. The Morgan fingerprint density at radius 1 is 1.03 bits per heavy atom. The molecule has 3 N–H and O–H groups in total. The van der Waals surface area contributed by atoms with E-state index in [1.54, 1.807) is 0 Å². The summed E-state index contributed by atoms with van der Waals surface area (Å²) in [6, 6.07) is 16.4. The number of rotatable bonds is 10. The fourth-order valence-electron chi connectivity index (χ4n) is 5.29. The minimum atomic E-state index is -1.13. The Morgan fingerprint density at radius 3 is 2.14 bits per heavy atom. The molecular formula is C28H34N2O5. The van der Waals surface area contributed by atoms with E-state index in [1.807, 2.05) is 24.3 Å². The Labute approximate surface area is 206 Å². The number of hydrogen-bond donors (Lipinski definition) is 3. The molecule has 2 amide bonds. The van der Waals surface area contributed by atoms with Crippen LogP contribution in [0.1, 0.15) is 63.0 Å². The molecule has 0 saturated heterocycles. The van der Waals surface area contributed by atoms with E-state index in [2.05, 4.69) is 48.7 Å². The molecule has 35 heavy (non-hydrogen) atoms. The van der Waals surface area contributed by atoms with Crippen molar-refractivity contribution in [2.24, 2.45) is 11.8 Å². The number of carbonyl (C=O) groups is 3. The van der Waals surface area contributed by atoms with Crippen molar-refractivity contribution in [1.82, 2.24) is 10.6 Å². The highest BCUT2D eigenvalue weighted by molar-refractivity contribution is 5.88. The second kappa shape index (κ2) is 10.5. The first-order valence-corrected chi connectivity index (χ1v) is 12.4. The summed E-state index contributed by atoms with van der Waals surface area (Å²) in [7, 11) is 0. The SMILES string of the molecule is CC(C)C[C@H](CNC(=O)OCC1c2ccccc2-c2ccccc21)CC(=O)NC1(C(=O)O)CCC1. The van der Waals surface area contributed by atoms with Crippen LogP contribution in [0.25, 0.3) is 11.1 Å². The van der Waals surface area contributed by atoms with Crippen molar-refractivity contribution in [1.29, 1.82) is 0 Å². The van der Waals surface area contributed by atoms with Crippen LogP contribution < -0.4 is 10.6 Å². The molecule has 1 atom stereocenters. The maximum absolute atomic E-state index is 12.6. The second-order valence-corrected chi connectivity index (χ2v) is 10.2. The van der Waals surface area contributed by atoms with E-state index in [0.717, 1.165) is 24.0 Å². The van der Waals surface area contributed by atoms with E-state index < -0.39 is 17.6 Å². The van der Waals surface area contributed by atoms with E-state index >= 15 is 0 Å². The highest BCUT2D eigenvalue weighted by atomic mass is 16.5. The van der Waals surface area contributed by atoms with Crippen molar-refractivity contribution >= 4 is 18.0 Å². The number of hydrogen-bond acceptors (Lipinski definition) is 4. The van der Waals surface area contributed by atoms with Gasteiger partial charge in [-0.1, -0.05) is 62.4 Å². The fourth-order valence-corrected chi connectivity index (χ4v) is 5.29. The zero-order chi connectivity index (χ0) is 25.0. The maximum Gasteiger partial charge on any atom is 0.407 e. The molecule has 2 aromatic carbocycles. The molecular weight excluding hydrogens is 444 g/mol. The van der Waals surface area contributed by atoms with Crippen molar-refractivity contribution in [3.63, 3.8) is 0 Å². The van der Waals surface area contributed by atoms with Crippen LogP contribution in [0, 0.1) is 11.8 Å². The monoisotopic (exact) mass is 478 g/mol. The normalized spacial score (nSPS) is 16.5. The molecule has 0 bridgehead atoms. The van der Waals surface area contributed by atoms with Crippen molar-refractivity contribution < 1.29 is 24.2 Å². The van der Waals surface area contributed by atoms with E-state index in [0.29, 0.717) is 25.3 Å². The molecule has 0 aliphatic heterocycles. The van der Waals surface area contributed by atoms with E-state index in [-0.39, 0.29) is 30.8 Å². The summed E-state index contributed by atoms with van der Waals surface area (Å²) in [5.74, 6) is -1.06. The molecule has 2 aliphatic carbocycles. The van der Waals surface area contributed by atoms with Gasteiger partial charge in [0.25, 0.3) is 0 Å². The van der Waals surface area contributed by atoms with Gasteiger partial charge in [-0.15, -0.1) is 0 Å². The van der Waals surface area contributed by atoms with Crippen molar-refractivity contribution in [2.45, 2.75) is 57.4 Å². The molecule has 1 saturated carbocycles. The highest BCUT2D eigenvalue weighted by Gasteiger charge is 2.45. The number of amides is 2. The molecule has 7 heteroatoms. The summed E-state index contributed by atoms with van der Waals surface area (Å²) in [4.78, 5) is 36.7. The van der Waals surface area contributed by atoms with Crippen LogP contribution in [0.15, 0.2) is 48.5 Å². The van der Waals surface area contributed by atoms with Gasteiger partial charge in [0, 0.05) is 18.9 Å². The van der Waals surface area contributed by atoms with Gasteiger partial charge in [0.1, 0.15) is 12.1 Å². The summed E-state index contributed by atoms with van der Waals surface area (Å²) < 4.78 is 5.61. The molecule has 4 rings (SSSR count). The number of carboxylic acid groups (broad SMARTS) is 1. The lowest BCUT2D eigenvalue weighted by atomic mass is 9.76. The lowest BCUT2D eigenvalue weighted by Crippen LogP contribution is -2.59. The van der Waals surface area contributed by atoms with E-state index in [4.69, 9.17) is 4.74 Å². The van der Waals surface area contributed by atoms with Gasteiger partial charge >= 0.3 is 12.1 Å². The first-order chi connectivity index (χ1) is 16.8. The number of alkyl carbamates (subject to hydrolysis) is 1. The Morgan fingerprint density at radius 2 is 1.63 bits per heavy atom. The predicted octanol–water partition coefficient (Wildman–Crippen LogP) is 4.70. The molecule has 0 unspecified atom stereocenters. The van der Waals surface area contributed by atoms with Crippen LogP contribution in [-0.4, -0.2) is 41.8 Å². The lowest BCUT2D eigenvalue weighted by Gasteiger charge is -2.38. The molecule has 186 valence electrons. The van der Waals surface area contributed by atoms with Crippen molar-refractivity contribution in [3.05, 3.63) is 59.7 Å². The third-order valence-corrected chi connectivity index (χ3v) is 7.15. The number of ether oxygens (including phenoxy) is 1. The maximum atomic E-state index is 12.6. The Kier molecular flexibility index (Phi) is 7.43. The third kappa shape index (κ3) is 5.50. The number of nitrogens with one attached hydrogen (secondary N) is 2. The molecule has 1 fully saturated rings. The zero-order valence-electron chi connectivity index (χ0n) is 20.4. The van der Waals surface area contributed by atoms with Crippen LogP contribution in [0.3, 0.4) is 0 Å². The van der Waals surface area contributed by atoms with Crippen LogP contribution in [-0.2, 0) is 14.3 Å². The molecule has 7 nitrogen and oxygen atoms in total. The average molecular weight is 479 g/mol. The Bertz CT molecular complexity index is 1050. The van der Waals surface area contributed by atoms with Gasteiger partial charge in [-0.2, -0.15) is 0 Å². The molecule has 2 aliphatic rings. The summed E-state index contributed by atoms with van der Waals surface area (Å²) in [5.41, 5.74) is 3.52. The number of fused-ring (bicyclic) bond motifs is 3. The summed E-state index contributed by atoms with van der Waals surface area (Å²) in [6.07, 6.45) is 2.10. The quantitative estimate of drug-likeness (QED) is 0.459. The summed E-state index contributed by atoms with van der Waals surface area (Å²) in [5, 5.41) is 15.0. The van der Waals surface area contributed by atoms with E-state index in [9.17, 15) is 19.5 Å². The molecule has 0 spiro atoms. The Balaban J connectivity index is 1.31. The van der Waals surface area contributed by atoms with Gasteiger partial charge in [0.15, 0.2) is 0 Å². The number of aliphatic carboxylic acids is 1. The van der Waals surface area contributed by atoms with E-state index in [1.165, 1.54) is 11.1 Å². The smallest absolute Gasteiger partial charge is 0.407 e. The minimum Gasteiger partial charge on any atom is -0.480 e. The van der Waals surface area contributed by atoms with Gasteiger partial charge in [0.2, 0.25) is 5.91 Å². The molecule has 0 radical (unpaired) electrons. The van der Waals surface area contributed by atoms with Gasteiger partial charge in [0.05, 0.1) is 0 Å². The first-order valence-electron chi connectivity index (χ1n) is 12.4. The van der Waals surface area contributed by atoms with Crippen LogP contribution >= 0.6 is 0 Å². The fraction of sp³-hybridized carbons (Fsp3) is 0.464. The first kappa shape index (κ1) is 24.8. The Hall–Kier alpha value is -3.35. The standard InChI is InChI=1S/C28H34N2O5/c1-18(2)14-19(15-25(31)30-28(26(32)33)12-7-13-28)16-29-27(34)35-17-24-22-10-5-3-8-20(22)21-9-4-6-11-23(21)24/h3-6,8-11,18-19,24H,7,12-17H2,1-2H3,(H,29,34)(H,30,31)(H,32,33)/t19-/m0/s1. The number of carboxylic acids is 1. The predicted molar refractivity (Wildman–Crippen MR) is 133 cm³/mol. The molecule has 0 aromatic heterocycles. The van der Waals surface area contributed by atoms with Crippen LogP contribution in [0.2, 0.25) is 0 Å². The van der Waals surface area contributed by atoms with Gasteiger partial charge in [-0.25, -0.2) is 9.59 Å². The van der Waals surface area contributed by atoms with Crippen LogP contribution in [0.4, 0.5) is 4.79 Å². The molecule has 2 aromatic rings. The largest absolute Gasteiger partial charge is 0.480 e. The highest BCUT2D eigenvalue weighted by Crippen LogP contribution is 2.44. The number of benzene rings is 2. The van der Waals surface area contributed by atoms with Crippen molar-refractivity contribution in [3.8, 4) is 11.1 Å². The van der Waals surface area contributed by atoms with Gasteiger partial charge in [-0.05, 0) is 59.8 Å². The van der Waals surface area contributed by atoms with Gasteiger partial charge < -0.3 is 20.5 Å². The third-order valence-electron chi connectivity index (χ3n) is 7.15. The topological polar surface area (TPSA) is 105 Å². The lowest BCUT2D eigenvalue weighted by molar-refractivity contribution is -0.152. The van der Waals surface area contributed by atoms with Crippen molar-refractivity contribution in [2.75, 3.05) is 13.2 Å². The summed E-state index contributed by atoms with van der Waals surface area (Å²) >= 11 is 0. The average Bonchev–Trinajstić information content (AvgIpc) is 3.11. The zero-order valence-corrected chi connectivity index (χ0v) is 20.4.